The standard InChI is InChI=1S/C21H23IN4O4S/c1-2-28-18(27)6-4-3-5-9-26-14-7-8-24-20(23)19(14)25-21(26)31-17-11-16-15(10-13(17)22)29-12-30-16/h7-8,10-11H,2-6,9,12H2,1H3,(H2,23,24). The van der Waals surface area contributed by atoms with Crippen LogP contribution in [0.4, 0.5) is 5.82 Å². The molecule has 0 unspecified atom stereocenters. The van der Waals surface area contributed by atoms with E-state index < -0.39 is 0 Å². The van der Waals surface area contributed by atoms with Crippen LogP contribution in [0.3, 0.4) is 0 Å². The van der Waals surface area contributed by atoms with Crippen molar-refractivity contribution >= 4 is 57.2 Å². The van der Waals surface area contributed by atoms with Crippen molar-refractivity contribution in [2.24, 2.45) is 0 Å². The topological polar surface area (TPSA) is 101 Å². The highest BCUT2D eigenvalue weighted by Gasteiger charge is 2.20. The summed E-state index contributed by atoms with van der Waals surface area (Å²) >= 11 is 3.86. The number of carbonyl (C=O) groups is 1. The molecule has 3 heterocycles. The van der Waals surface area contributed by atoms with E-state index in [9.17, 15) is 4.79 Å². The minimum atomic E-state index is -0.136. The van der Waals surface area contributed by atoms with E-state index in [0.717, 1.165) is 56.4 Å². The van der Waals surface area contributed by atoms with Gasteiger partial charge in [0.2, 0.25) is 6.79 Å². The van der Waals surface area contributed by atoms with Crippen molar-refractivity contribution in [2.75, 3.05) is 19.1 Å². The number of pyridine rings is 1. The van der Waals surface area contributed by atoms with Gasteiger partial charge in [0, 0.05) is 27.6 Å². The summed E-state index contributed by atoms with van der Waals surface area (Å²) in [5.74, 6) is 1.78. The predicted molar refractivity (Wildman–Crippen MR) is 126 cm³/mol. The van der Waals surface area contributed by atoms with Gasteiger partial charge in [-0.15, -0.1) is 0 Å². The van der Waals surface area contributed by atoms with Crippen LogP contribution >= 0.6 is 34.4 Å². The molecule has 4 rings (SSSR count). The lowest BCUT2D eigenvalue weighted by Crippen LogP contribution is -2.04. The van der Waals surface area contributed by atoms with Crippen LogP contribution in [0.5, 0.6) is 11.5 Å². The van der Waals surface area contributed by atoms with Gasteiger partial charge in [-0.25, -0.2) is 9.97 Å². The highest BCUT2D eigenvalue weighted by molar-refractivity contribution is 14.1. The zero-order chi connectivity index (χ0) is 21.8. The Kier molecular flexibility index (Phi) is 7.06. The summed E-state index contributed by atoms with van der Waals surface area (Å²) in [5, 5.41) is 0.844. The first-order valence-corrected chi connectivity index (χ1v) is 12.0. The zero-order valence-electron chi connectivity index (χ0n) is 17.1. The number of unbranched alkanes of at least 4 members (excludes halogenated alkanes) is 2. The minimum absolute atomic E-state index is 0.136. The van der Waals surface area contributed by atoms with Crippen LogP contribution in [0, 0.1) is 3.57 Å². The number of fused-ring (bicyclic) bond motifs is 2. The molecule has 10 heteroatoms. The second kappa shape index (κ2) is 9.94. The molecule has 0 atom stereocenters. The maximum Gasteiger partial charge on any atom is 0.305 e. The monoisotopic (exact) mass is 554 g/mol. The first-order chi connectivity index (χ1) is 15.1. The second-order valence-corrected chi connectivity index (χ2v) is 9.13. The van der Waals surface area contributed by atoms with Crippen molar-refractivity contribution in [3.63, 3.8) is 0 Å². The van der Waals surface area contributed by atoms with Gasteiger partial charge in [-0.05, 0) is 60.6 Å². The Morgan fingerprint density at radius 1 is 1.29 bits per heavy atom. The third-order valence-electron chi connectivity index (χ3n) is 4.86. The Balaban J connectivity index is 1.53. The summed E-state index contributed by atoms with van der Waals surface area (Å²) in [5.41, 5.74) is 7.74. The number of hydrogen-bond acceptors (Lipinski definition) is 8. The Bertz CT molecular complexity index is 1100. The van der Waals surface area contributed by atoms with Crippen LogP contribution in [0.2, 0.25) is 0 Å². The number of hydrogen-bond donors (Lipinski definition) is 1. The quantitative estimate of drug-likeness (QED) is 0.232. The summed E-state index contributed by atoms with van der Waals surface area (Å²) in [6, 6.07) is 5.90. The van der Waals surface area contributed by atoms with E-state index in [0.29, 0.717) is 24.4 Å². The molecule has 8 nitrogen and oxygen atoms in total. The number of imidazole rings is 1. The molecular weight excluding hydrogens is 531 g/mol. The Morgan fingerprint density at radius 3 is 2.90 bits per heavy atom. The van der Waals surface area contributed by atoms with Crippen LogP contribution in [-0.2, 0) is 16.1 Å². The minimum Gasteiger partial charge on any atom is -0.466 e. The lowest BCUT2D eigenvalue weighted by molar-refractivity contribution is -0.143. The SMILES string of the molecule is CCOC(=O)CCCCCn1c(Sc2cc3c(cc2I)OCO3)nc2c(N)nccc21. The third-order valence-corrected chi connectivity index (χ3v) is 7.17. The average Bonchev–Trinajstić information content (AvgIpc) is 3.33. The number of ether oxygens (including phenoxy) is 3. The molecule has 1 aliphatic heterocycles. The lowest BCUT2D eigenvalue weighted by atomic mass is 10.2. The molecule has 2 aromatic heterocycles. The van der Waals surface area contributed by atoms with E-state index in [1.54, 1.807) is 18.0 Å². The molecule has 0 bridgehead atoms. The van der Waals surface area contributed by atoms with Gasteiger partial charge in [0.1, 0.15) is 5.52 Å². The van der Waals surface area contributed by atoms with Crippen LogP contribution in [-0.4, -0.2) is 33.9 Å². The summed E-state index contributed by atoms with van der Waals surface area (Å²) < 4.78 is 19.2. The third kappa shape index (κ3) is 5.00. The largest absolute Gasteiger partial charge is 0.466 e. The summed E-state index contributed by atoms with van der Waals surface area (Å²) in [6.45, 7) is 3.26. The van der Waals surface area contributed by atoms with Crippen molar-refractivity contribution in [3.8, 4) is 11.5 Å². The molecule has 0 spiro atoms. The Labute approximate surface area is 198 Å². The molecule has 1 aromatic carbocycles. The van der Waals surface area contributed by atoms with E-state index >= 15 is 0 Å². The molecule has 164 valence electrons. The number of benzene rings is 1. The van der Waals surface area contributed by atoms with Crippen molar-refractivity contribution in [2.45, 2.75) is 49.2 Å². The second-order valence-electron chi connectivity index (χ2n) is 6.96. The smallest absolute Gasteiger partial charge is 0.305 e. The van der Waals surface area contributed by atoms with E-state index in [1.165, 1.54) is 0 Å². The van der Waals surface area contributed by atoms with E-state index in [-0.39, 0.29) is 12.8 Å². The molecular formula is C21H23IN4O4S. The Morgan fingerprint density at radius 2 is 2.10 bits per heavy atom. The summed E-state index contributed by atoms with van der Waals surface area (Å²) in [7, 11) is 0. The highest BCUT2D eigenvalue weighted by atomic mass is 127. The zero-order valence-corrected chi connectivity index (χ0v) is 20.1. The van der Waals surface area contributed by atoms with Crippen molar-refractivity contribution in [1.82, 2.24) is 14.5 Å². The van der Waals surface area contributed by atoms with Crippen LogP contribution in [0.25, 0.3) is 11.0 Å². The van der Waals surface area contributed by atoms with Gasteiger partial charge in [-0.2, -0.15) is 0 Å². The number of esters is 1. The lowest BCUT2D eigenvalue weighted by Gasteiger charge is -2.10. The molecule has 0 radical (unpaired) electrons. The van der Waals surface area contributed by atoms with Crippen molar-refractivity contribution < 1.29 is 19.0 Å². The maximum atomic E-state index is 11.5. The average molecular weight is 554 g/mol. The van der Waals surface area contributed by atoms with Gasteiger partial charge in [0.15, 0.2) is 22.5 Å². The first-order valence-electron chi connectivity index (χ1n) is 10.1. The van der Waals surface area contributed by atoms with Gasteiger partial charge < -0.3 is 24.5 Å². The highest BCUT2D eigenvalue weighted by Crippen LogP contribution is 2.41. The van der Waals surface area contributed by atoms with Crippen LogP contribution < -0.4 is 15.2 Å². The van der Waals surface area contributed by atoms with Gasteiger partial charge in [0.25, 0.3) is 0 Å². The van der Waals surface area contributed by atoms with Crippen molar-refractivity contribution in [1.29, 1.82) is 0 Å². The molecule has 31 heavy (non-hydrogen) atoms. The molecule has 1 aliphatic rings. The van der Waals surface area contributed by atoms with Gasteiger partial charge in [0.05, 0.1) is 12.1 Å². The fourth-order valence-corrected chi connectivity index (χ4v) is 5.09. The Hall–Kier alpha value is -2.21. The number of aryl methyl sites for hydroxylation is 1. The number of aromatic nitrogens is 3. The molecule has 0 aliphatic carbocycles. The first kappa shape index (κ1) is 22.0. The molecule has 3 aromatic rings. The van der Waals surface area contributed by atoms with E-state index in [4.69, 9.17) is 24.9 Å². The number of nitrogens with zero attached hydrogens (tertiary/aromatic N) is 3. The number of rotatable bonds is 9. The van der Waals surface area contributed by atoms with E-state index in [1.807, 2.05) is 25.1 Å². The van der Waals surface area contributed by atoms with Gasteiger partial charge in [-0.1, -0.05) is 18.2 Å². The van der Waals surface area contributed by atoms with Gasteiger partial charge in [-0.3, -0.25) is 4.79 Å². The molecule has 0 saturated heterocycles. The maximum absolute atomic E-state index is 11.5. The fraction of sp³-hybridized carbons (Fsp3) is 0.381. The van der Waals surface area contributed by atoms with E-state index in [2.05, 4.69) is 32.1 Å². The molecule has 2 N–H and O–H groups in total. The summed E-state index contributed by atoms with van der Waals surface area (Å²) in [6.07, 6.45) is 4.79. The summed E-state index contributed by atoms with van der Waals surface area (Å²) in [4.78, 5) is 21.5. The fourth-order valence-electron chi connectivity index (χ4n) is 3.37. The molecule has 0 amide bonds. The number of nitrogens with two attached hydrogens (primary N) is 1. The van der Waals surface area contributed by atoms with Crippen molar-refractivity contribution in [3.05, 3.63) is 28.0 Å². The molecule has 0 saturated carbocycles. The van der Waals surface area contributed by atoms with Gasteiger partial charge >= 0.3 is 5.97 Å². The number of anilines is 1. The van der Waals surface area contributed by atoms with Crippen LogP contribution in [0.1, 0.15) is 32.6 Å². The predicted octanol–water partition coefficient (Wildman–Crippen LogP) is 4.62. The number of nitrogen functional groups attached to an aromatic ring is 1. The van der Waals surface area contributed by atoms with Crippen LogP contribution in [0.15, 0.2) is 34.4 Å². The number of halogens is 1. The number of carbonyl (C=O) groups excluding carboxylic acids is 1. The molecule has 0 fully saturated rings. The normalized spacial score (nSPS) is 12.5.